The summed E-state index contributed by atoms with van der Waals surface area (Å²) in [5, 5.41) is 6.69. The zero-order valence-electron chi connectivity index (χ0n) is 13.7. The van der Waals surface area contributed by atoms with Crippen LogP contribution in [0.3, 0.4) is 0 Å². The minimum Gasteiger partial charge on any atom is -0.495 e. The summed E-state index contributed by atoms with van der Waals surface area (Å²) in [5.41, 5.74) is 1.56. The van der Waals surface area contributed by atoms with Crippen LogP contribution in [-0.4, -0.2) is 25.9 Å². The molecule has 0 spiro atoms. The Bertz CT molecular complexity index is 725. The normalized spacial score (nSPS) is 10.0. The van der Waals surface area contributed by atoms with Gasteiger partial charge in [0.15, 0.2) is 5.11 Å². The summed E-state index contributed by atoms with van der Waals surface area (Å²) in [6.07, 6.45) is 0. The zero-order valence-corrected chi connectivity index (χ0v) is 16.1. The van der Waals surface area contributed by atoms with Gasteiger partial charge in [-0.2, -0.15) is 0 Å². The highest BCUT2D eigenvalue weighted by Gasteiger charge is 2.11. The molecule has 0 aliphatic carbocycles. The summed E-state index contributed by atoms with van der Waals surface area (Å²) in [6.45, 7) is 2.56. The van der Waals surface area contributed by atoms with E-state index in [1.807, 2.05) is 37.3 Å². The average molecular weight is 411 g/mol. The van der Waals surface area contributed by atoms with Crippen LogP contribution in [0.15, 0.2) is 40.9 Å². The van der Waals surface area contributed by atoms with Gasteiger partial charge in [0.1, 0.15) is 17.2 Å². The Morgan fingerprint density at radius 1 is 1.08 bits per heavy atom. The molecule has 0 heterocycles. The molecule has 0 amide bonds. The van der Waals surface area contributed by atoms with Crippen molar-refractivity contribution in [1.29, 1.82) is 0 Å². The average Bonchev–Trinajstić information content (AvgIpc) is 2.55. The highest BCUT2D eigenvalue weighted by molar-refractivity contribution is 9.10. The molecule has 5 nitrogen and oxygen atoms in total. The van der Waals surface area contributed by atoms with Crippen LogP contribution in [-0.2, 0) is 0 Å². The standard InChI is InChI=1S/C17H19BrN2O3S/c1-4-23-12-7-5-6-11(8-12)19-17(24)20-14-9-13(18)15(21-2)10-16(14)22-3/h5-10H,4H2,1-3H3,(H2,19,20,24). The molecule has 128 valence electrons. The molecule has 0 saturated carbocycles. The van der Waals surface area contributed by atoms with Gasteiger partial charge in [-0.15, -0.1) is 0 Å². The van der Waals surface area contributed by atoms with Crippen LogP contribution in [0.4, 0.5) is 11.4 Å². The van der Waals surface area contributed by atoms with E-state index < -0.39 is 0 Å². The first-order valence-electron chi connectivity index (χ1n) is 7.29. The number of anilines is 2. The fourth-order valence-electron chi connectivity index (χ4n) is 2.07. The van der Waals surface area contributed by atoms with Crippen molar-refractivity contribution >= 4 is 44.6 Å². The van der Waals surface area contributed by atoms with E-state index in [0.717, 1.165) is 21.6 Å². The number of methoxy groups -OCH3 is 2. The second kappa shape index (κ2) is 8.75. The van der Waals surface area contributed by atoms with Gasteiger partial charge in [0.2, 0.25) is 0 Å². The van der Waals surface area contributed by atoms with E-state index in [1.165, 1.54) is 0 Å². The molecule has 0 unspecified atom stereocenters. The van der Waals surface area contributed by atoms with Crippen LogP contribution in [0, 0.1) is 0 Å². The van der Waals surface area contributed by atoms with Crippen molar-refractivity contribution in [2.75, 3.05) is 31.5 Å². The molecule has 0 radical (unpaired) electrons. The molecule has 7 heteroatoms. The van der Waals surface area contributed by atoms with Crippen molar-refractivity contribution in [1.82, 2.24) is 0 Å². The predicted octanol–water partition coefficient (Wildman–Crippen LogP) is 4.67. The molecule has 0 bridgehead atoms. The highest BCUT2D eigenvalue weighted by Crippen LogP contribution is 2.36. The van der Waals surface area contributed by atoms with Crippen molar-refractivity contribution in [2.24, 2.45) is 0 Å². The Morgan fingerprint density at radius 3 is 2.50 bits per heavy atom. The third kappa shape index (κ3) is 4.75. The third-order valence-electron chi connectivity index (χ3n) is 3.13. The SMILES string of the molecule is CCOc1cccc(NC(=S)Nc2cc(Br)c(OC)cc2OC)c1. The molecule has 0 saturated heterocycles. The first-order chi connectivity index (χ1) is 11.6. The van der Waals surface area contributed by atoms with Crippen LogP contribution in [0.25, 0.3) is 0 Å². The Kier molecular flexibility index (Phi) is 6.69. The lowest BCUT2D eigenvalue weighted by Crippen LogP contribution is -2.19. The van der Waals surface area contributed by atoms with Gasteiger partial charge in [-0.05, 0) is 53.3 Å². The Hall–Kier alpha value is -1.99. The molecular formula is C17H19BrN2O3S. The number of nitrogens with one attached hydrogen (secondary N) is 2. The van der Waals surface area contributed by atoms with Crippen LogP contribution in [0.1, 0.15) is 6.92 Å². The maximum absolute atomic E-state index is 5.48. The number of hydrogen-bond acceptors (Lipinski definition) is 4. The van der Waals surface area contributed by atoms with Crippen molar-refractivity contribution in [3.63, 3.8) is 0 Å². The first kappa shape index (κ1) is 18.4. The fourth-order valence-corrected chi connectivity index (χ4v) is 2.81. The lowest BCUT2D eigenvalue weighted by atomic mass is 10.2. The fraction of sp³-hybridized carbons (Fsp3) is 0.235. The van der Waals surface area contributed by atoms with Gasteiger partial charge in [-0.1, -0.05) is 6.07 Å². The van der Waals surface area contributed by atoms with E-state index in [9.17, 15) is 0 Å². The van der Waals surface area contributed by atoms with Crippen molar-refractivity contribution in [2.45, 2.75) is 6.92 Å². The van der Waals surface area contributed by atoms with Gasteiger partial charge in [0, 0.05) is 17.8 Å². The van der Waals surface area contributed by atoms with Crippen molar-refractivity contribution in [3.05, 3.63) is 40.9 Å². The van der Waals surface area contributed by atoms with Crippen molar-refractivity contribution < 1.29 is 14.2 Å². The van der Waals surface area contributed by atoms with E-state index in [2.05, 4.69) is 26.6 Å². The summed E-state index contributed by atoms with van der Waals surface area (Å²) in [6, 6.07) is 11.2. The monoisotopic (exact) mass is 410 g/mol. The van der Waals surface area contributed by atoms with Crippen LogP contribution in [0.2, 0.25) is 0 Å². The quantitative estimate of drug-likeness (QED) is 0.674. The Balaban J connectivity index is 2.12. The van der Waals surface area contributed by atoms with E-state index >= 15 is 0 Å². The summed E-state index contributed by atoms with van der Waals surface area (Å²) >= 11 is 8.83. The van der Waals surface area contributed by atoms with Crippen LogP contribution < -0.4 is 24.8 Å². The van der Waals surface area contributed by atoms with Crippen LogP contribution in [0.5, 0.6) is 17.2 Å². The molecule has 0 aromatic heterocycles. The van der Waals surface area contributed by atoms with Gasteiger partial charge < -0.3 is 24.8 Å². The van der Waals surface area contributed by atoms with E-state index in [-0.39, 0.29) is 0 Å². The lowest BCUT2D eigenvalue weighted by Gasteiger charge is -2.15. The third-order valence-corrected chi connectivity index (χ3v) is 3.95. The maximum Gasteiger partial charge on any atom is 0.175 e. The summed E-state index contributed by atoms with van der Waals surface area (Å²) in [7, 11) is 3.19. The van der Waals surface area contributed by atoms with Gasteiger partial charge >= 0.3 is 0 Å². The summed E-state index contributed by atoms with van der Waals surface area (Å²) in [5.74, 6) is 2.10. The number of thiocarbonyl (C=S) groups is 1. The number of rotatable bonds is 6. The second-order valence-corrected chi connectivity index (χ2v) is 5.99. The molecule has 2 rings (SSSR count). The molecule has 2 aromatic carbocycles. The Labute approximate surface area is 155 Å². The second-order valence-electron chi connectivity index (χ2n) is 4.73. The van der Waals surface area contributed by atoms with Gasteiger partial charge in [0.05, 0.1) is 31.0 Å². The molecule has 2 aromatic rings. The Morgan fingerprint density at radius 2 is 1.83 bits per heavy atom. The van der Waals surface area contributed by atoms with Gasteiger partial charge in [0.25, 0.3) is 0 Å². The number of benzene rings is 2. The number of halogens is 1. The molecule has 0 atom stereocenters. The minimum atomic E-state index is 0.444. The van der Waals surface area contributed by atoms with Crippen LogP contribution >= 0.6 is 28.1 Å². The number of hydrogen-bond donors (Lipinski definition) is 2. The van der Waals surface area contributed by atoms with Crippen molar-refractivity contribution in [3.8, 4) is 17.2 Å². The smallest absolute Gasteiger partial charge is 0.175 e. The van der Waals surface area contributed by atoms with E-state index in [0.29, 0.717) is 23.2 Å². The molecule has 0 aliphatic rings. The molecule has 0 aliphatic heterocycles. The lowest BCUT2D eigenvalue weighted by molar-refractivity contribution is 0.340. The molecule has 0 fully saturated rings. The maximum atomic E-state index is 5.48. The predicted molar refractivity (Wildman–Crippen MR) is 105 cm³/mol. The number of ether oxygens (including phenoxy) is 3. The summed E-state index contributed by atoms with van der Waals surface area (Å²) in [4.78, 5) is 0. The zero-order chi connectivity index (χ0) is 17.5. The van der Waals surface area contributed by atoms with E-state index in [4.69, 9.17) is 26.4 Å². The minimum absolute atomic E-state index is 0.444. The highest BCUT2D eigenvalue weighted by atomic mass is 79.9. The molecule has 2 N–H and O–H groups in total. The molecular weight excluding hydrogens is 392 g/mol. The van der Waals surface area contributed by atoms with Gasteiger partial charge in [-0.3, -0.25) is 0 Å². The topological polar surface area (TPSA) is 51.8 Å². The first-order valence-corrected chi connectivity index (χ1v) is 8.50. The summed E-state index contributed by atoms with van der Waals surface area (Å²) < 4.78 is 16.9. The van der Waals surface area contributed by atoms with Gasteiger partial charge in [-0.25, -0.2) is 0 Å². The molecule has 24 heavy (non-hydrogen) atoms. The largest absolute Gasteiger partial charge is 0.495 e. The van der Waals surface area contributed by atoms with E-state index in [1.54, 1.807) is 20.3 Å².